The first-order valence-corrected chi connectivity index (χ1v) is 18.1. The van der Waals surface area contributed by atoms with Crippen LogP contribution in [0.1, 0.15) is 74.7 Å². The van der Waals surface area contributed by atoms with E-state index in [9.17, 15) is 28.8 Å². The SMILES string of the molecule is CC(C)C.CC1C2C(C)N(C(=O)C(NC(=O)NCC(=O)N3CCN(c4ncccn4)CC3)C(C)(C)C)C[C@H]12.NC(=O)C(=O)C(CC1CC1)NC=O. The maximum Gasteiger partial charge on any atom is 0.315 e. The second-order valence-electron chi connectivity index (χ2n) is 15.9. The van der Waals surface area contributed by atoms with Gasteiger partial charge in [-0.1, -0.05) is 61.3 Å². The van der Waals surface area contributed by atoms with Gasteiger partial charge in [-0.3, -0.25) is 24.0 Å². The molecule has 5 rings (SSSR count). The van der Waals surface area contributed by atoms with E-state index in [4.69, 9.17) is 5.73 Å². The van der Waals surface area contributed by atoms with Crippen molar-refractivity contribution >= 4 is 41.9 Å². The molecule has 15 heteroatoms. The Balaban J connectivity index is 0.000000342. The Morgan fingerprint density at radius 3 is 2.06 bits per heavy atom. The molecule has 4 aliphatic rings. The van der Waals surface area contributed by atoms with E-state index in [1.54, 1.807) is 23.4 Å². The topological polar surface area (TPSA) is 200 Å². The van der Waals surface area contributed by atoms with Crippen molar-refractivity contribution in [2.75, 3.05) is 44.2 Å². The number of carbonyl (C=O) groups is 6. The summed E-state index contributed by atoms with van der Waals surface area (Å²) < 4.78 is 0. The summed E-state index contributed by atoms with van der Waals surface area (Å²) in [6, 6.07) is 0.0914. The molecule has 15 nitrogen and oxygen atoms in total. The Morgan fingerprint density at radius 1 is 1.00 bits per heavy atom. The first kappa shape index (κ1) is 41.1. The molecule has 5 N–H and O–H groups in total. The van der Waals surface area contributed by atoms with Crippen LogP contribution in [0.2, 0.25) is 0 Å². The zero-order valence-corrected chi connectivity index (χ0v) is 31.6. The number of primary amides is 1. The highest BCUT2D eigenvalue weighted by atomic mass is 16.2. The van der Waals surface area contributed by atoms with Gasteiger partial charge in [0, 0.05) is 51.2 Å². The van der Waals surface area contributed by atoms with E-state index in [1.165, 1.54) is 0 Å². The number of nitrogens with zero attached hydrogens (tertiary/aromatic N) is 5. The number of urea groups is 1. The third-order valence-electron chi connectivity index (χ3n) is 9.73. The summed E-state index contributed by atoms with van der Waals surface area (Å²) in [5, 5.41) is 7.81. The molecule has 0 radical (unpaired) electrons. The molecule has 2 aliphatic carbocycles. The maximum atomic E-state index is 13.3. The van der Waals surface area contributed by atoms with Gasteiger partial charge in [-0.25, -0.2) is 14.8 Å². The Hall–Kier alpha value is -4.30. The largest absolute Gasteiger partial charge is 0.363 e. The third kappa shape index (κ3) is 12.2. The maximum absolute atomic E-state index is 13.3. The zero-order valence-electron chi connectivity index (χ0n) is 31.6. The second-order valence-corrected chi connectivity index (χ2v) is 15.9. The molecule has 1 aromatic rings. The van der Waals surface area contributed by atoms with Crippen LogP contribution in [-0.4, -0.2) is 113 Å². The average molecular weight is 714 g/mol. The fraction of sp³-hybridized carbons (Fsp3) is 0.722. The number of likely N-dealkylation sites (tertiary alicyclic amines) is 1. The number of piperazine rings is 1. The molecule has 2 saturated heterocycles. The van der Waals surface area contributed by atoms with Gasteiger partial charge >= 0.3 is 6.03 Å². The number of hydrogen-bond acceptors (Lipinski definition) is 9. The van der Waals surface area contributed by atoms with Crippen LogP contribution >= 0.6 is 0 Å². The van der Waals surface area contributed by atoms with Crippen molar-refractivity contribution in [3.8, 4) is 0 Å². The average Bonchev–Trinajstić information content (AvgIpc) is 3.98. The van der Waals surface area contributed by atoms with E-state index in [0.29, 0.717) is 68.6 Å². The van der Waals surface area contributed by atoms with E-state index < -0.39 is 35.2 Å². The first-order valence-electron chi connectivity index (χ1n) is 18.1. The summed E-state index contributed by atoms with van der Waals surface area (Å²) in [4.78, 5) is 84.6. The fourth-order valence-corrected chi connectivity index (χ4v) is 6.62. The van der Waals surface area contributed by atoms with Crippen LogP contribution in [0, 0.1) is 35.0 Å². The van der Waals surface area contributed by atoms with Gasteiger partial charge in [0.15, 0.2) is 0 Å². The van der Waals surface area contributed by atoms with Crippen molar-refractivity contribution in [1.29, 1.82) is 0 Å². The van der Waals surface area contributed by atoms with E-state index in [-0.39, 0.29) is 24.4 Å². The number of anilines is 1. The number of rotatable bonds is 11. The number of Topliss-reactive ketones (excluding diaryl/α,β-unsaturated/α-hetero) is 1. The van der Waals surface area contributed by atoms with Gasteiger partial charge in [0.25, 0.3) is 5.91 Å². The van der Waals surface area contributed by atoms with Crippen LogP contribution in [0.4, 0.5) is 10.7 Å². The molecule has 2 aliphatic heterocycles. The summed E-state index contributed by atoms with van der Waals surface area (Å²) in [6.45, 7) is 19.7. The Kier molecular flexibility index (Phi) is 14.7. The van der Waals surface area contributed by atoms with Crippen molar-refractivity contribution in [3.63, 3.8) is 0 Å². The van der Waals surface area contributed by atoms with Crippen molar-refractivity contribution in [1.82, 2.24) is 35.7 Å². The summed E-state index contributed by atoms with van der Waals surface area (Å²) in [6.07, 6.45) is 6.47. The Labute approximate surface area is 302 Å². The monoisotopic (exact) mass is 713 g/mol. The van der Waals surface area contributed by atoms with E-state index in [2.05, 4.69) is 60.5 Å². The highest BCUT2D eigenvalue weighted by molar-refractivity contribution is 6.37. The number of nitrogens with two attached hydrogens (primary N) is 1. The molecular formula is C36H59N9O6. The number of piperidine rings is 1. The van der Waals surface area contributed by atoms with Crippen molar-refractivity contribution in [3.05, 3.63) is 18.5 Å². The van der Waals surface area contributed by atoms with Gasteiger partial charge in [-0.2, -0.15) is 0 Å². The molecule has 3 heterocycles. The van der Waals surface area contributed by atoms with Gasteiger partial charge in [0.1, 0.15) is 6.04 Å². The standard InChI is InChI=1S/C24H37N7O3.C8H12N2O3.C4H10/c1-15-17-14-31(16(2)19(15)17)21(33)20(24(3,4)5)28-23(34)27-13-18(32)29-9-11-30(12-10-29)22-25-7-6-8-26-22;9-8(13)7(12)6(10-4-11)3-5-1-2-5;1-4(2)3/h6-8,15-17,19-20H,9-14H2,1-5H3,(H2,27,28,34);4-6H,1-3H2,(H2,9,13)(H,10,11);4H,1-3H3/t15?,16?,17-,19?,20?;;/m1../s1. The van der Waals surface area contributed by atoms with Gasteiger partial charge in [0.2, 0.25) is 30.0 Å². The summed E-state index contributed by atoms with van der Waals surface area (Å²) in [5.41, 5.74) is 4.37. The lowest BCUT2D eigenvalue weighted by Crippen LogP contribution is -2.58. The minimum atomic E-state index is -0.986. The van der Waals surface area contributed by atoms with Crippen LogP contribution in [0.25, 0.3) is 0 Å². The summed E-state index contributed by atoms with van der Waals surface area (Å²) in [7, 11) is 0. The van der Waals surface area contributed by atoms with Crippen molar-refractivity contribution in [2.45, 2.75) is 92.8 Å². The highest BCUT2D eigenvalue weighted by Gasteiger charge is 2.59. The molecule has 1 aromatic heterocycles. The van der Waals surface area contributed by atoms with Crippen LogP contribution in [0.15, 0.2) is 18.5 Å². The molecule has 0 bridgehead atoms. The molecule has 6 amide bonds. The van der Waals surface area contributed by atoms with E-state index in [1.807, 2.05) is 30.6 Å². The number of hydrogen-bond donors (Lipinski definition) is 4. The van der Waals surface area contributed by atoms with Gasteiger partial charge in [-0.05, 0) is 54.4 Å². The lowest BCUT2D eigenvalue weighted by molar-refractivity contribution is -0.137. The molecule has 6 atom stereocenters. The molecule has 2 saturated carbocycles. The van der Waals surface area contributed by atoms with E-state index >= 15 is 0 Å². The Bertz CT molecular complexity index is 1360. The number of aromatic nitrogens is 2. The minimum Gasteiger partial charge on any atom is -0.363 e. The summed E-state index contributed by atoms with van der Waals surface area (Å²) >= 11 is 0. The normalized spacial score (nSPS) is 23.3. The van der Waals surface area contributed by atoms with Gasteiger partial charge < -0.3 is 36.4 Å². The van der Waals surface area contributed by atoms with Crippen molar-refractivity contribution in [2.24, 2.45) is 40.7 Å². The number of carbonyl (C=O) groups excluding carboxylic acids is 6. The number of ketones is 1. The van der Waals surface area contributed by atoms with Gasteiger partial charge in [-0.15, -0.1) is 0 Å². The summed E-state index contributed by atoms with van der Waals surface area (Å²) in [5.74, 6) is 1.90. The highest BCUT2D eigenvalue weighted by Crippen LogP contribution is 2.55. The molecule has 4 fully saturated rings. The lowest BCUT2D eigenvalue weighted by Gasteiger charge is -2.36. The molecule has 0 spiro atoms. The van der Waals surface area contributed by atoms with Crippen LogP contribution in [0.3, 0.4) is 0 Å². The van der Waals surface area contributed by atoms with Crippen molar-refractivity contribution < 1.29 is 28.8 Å². The van der Waals surface area contributed by atoms with E-state index in [0.717, 1.165) is 25.3 Å². The molecule has 284 valence electrons. The Morgan fingerprint density at radius 2 is 1.59 bits per heavy atom. The number of fused-ring (bicyclic) bond motifs is 1. The van der Waals surface area contributed by atoms with Crippen LogP contribution in [0.5, 0.6) is 0 Å². The van der Waals surface area contributed by atoms with Crippen LogP contribution in [-0.2, 0) is 24.0 Å². The lowest BCUT2D eigenvalue weighted by atomic mass is 9.85. The molecule has 51 heavy (non-hydrogen) atoms. The second kappa shape index (κ2) is 18.3. The van der Waals surface area contributed by atoms with Gasteiger partial charge in [0.05, 0.1) is 12.6 Å². The first-order chi connectivity index (χ1) is 24.0. The number of amides is 6. The molecule has 5 unspecified atom stereocenters. The zero-order chi connectivity index (χ0) is 38.0. The predicted molar refractivity (Wildman–Crippen MR) is 193 cm³/mol. The number of nitrogens with one attached hydrogen (secondary N) is 3. The molecular weight excluding hydrogens is 654 g/mol. The fourth-order valence-electron chi connectivity index (χ4n) is 6.62. The third-order valence-corrected chi connectivity index (χ3v) is 9.73. The molecule has 0 aromatic carbocycles. The predicted octanol–water partition coefficient (Wildman–Crippen LogP) is 1.57. The van der Waals surface area contributed by atoms with Crippen LogP contribution < -0.4 is 26.6 Å². The quantitative estimate of drug-likeness (QED) is 0.194. The smallest absolute Gasteiger partial charge is 0.315 e. The minimum absolute atomic E-state index is 0.0415.